The second-order valence-electron chi connectivity index (χ2n) is 9.36. The molecule has 1 saturated heterocycles. The maximum absolute atomic E-state index is 13.1. The Morgan fingerprint density at radius 2 is 1.64 bits per heavy atom. The molecule has 1 aliphatic carbocycles. The molecule has 2 unspecified atom stereocenters. The number of anilines is 1. The van der Waals surface area contributed by atoms with Crippen LogP contribution in [0, 0.1) is 5.92 Å². The number of ether oxygens (including phenoxy) is 1. The summed E-state index contributed by atoms with van der Waals surface area (Å²) in [5, 5.41) is 2.35. The van der Waals surface area contributed by atoms with Crippen LogP contribution < -0.4 is 10.0 Å². The number of benzene rings is 1. The Morgan fingerprint density at radius 1 is 1.03 bits per heavy atom. The number of rotatable bonds is 7. The van der Waals surface area contributed by atoms with Crippen LogP contribution in [0.15, 0.2) is 29.2 Å². The average molecular weight is 502 g/mol. The molecule has 11 heteroatoms. The highest BCUT2D eigenvalue weighted by Crippen LogP contribution is 2.28. The van der Waals surface area contributed by atoms with Gasteiger partial charge in [0.25, 0.3) is 0 Å². The summed E-state index contributed by atoms with van der Waals surface area (Å²) in [4.78, 5) is 12.9. The zero-order valence-electron chi connectivity index (χ0n) is 19.7. The van der Waals surface area contributed by atoms with Crippen molar-refractivity contribution in [3.63, 3.8) is 0 Å². The Labute approximate surface area is 197 Å². The minimum atomic E-state index is -3.71. The molecule has 1 amide bonds. The molecule has 2 atom stereocenters. The predicted octanol–water partition coefficient (Wildman–Crippen LogP) is 2.31. The average Bonchev–Trinajstić information content (AvgIpc) is 2.73. The number of carbonyl (C=O) groups is 1. The van der Waals surface area contributed by atoms with E-state index in [1.54, 1.807) is 26.0 Å². The van der Waals surface area contributed by atoms with Gasteiger partial charge in [0.1, 0.15) is 0 Å². The Bertz CT molecular complexity index is 1040. The van der Waals surface area contributed by atoms with Crippen LogP contribution in [0.1, 0.15) is 53.4 Å². The molecule has 1 heterocycles. The molecule has 2 N–H and O–H groups in total. The quantitative estimate of drug-likeness (QED) is 0.591. The van der Waals surface area contributed by atoms with Crippen molar-refractivity contribution in [1.82, 2.24) is 9.03 Å². The molecule has 33 heavy (non-hydrogen) atoms. The summed E-state index contributed by atoms with van der Waals surface area (Å²) in [6.07, 6.45) is 1.94. The van der Waals surface area contributed by atoms with E-state index < -0.39 is 25.3 Å². The minimum absolute atomic E-state index is 0.133. The van der Waals surface area contributed by atoms with Gasteiger partial charge in [0, 0.05) is 30.7 Å². The molecule has 0 spiro atoms. The van der Waals surface area contributed by atoms with Crippen molar-refractivity contribution >= 4 is 31.6 Å². The summed E-state index contributed by atoms with van der Waals surface area (Å²) < 4.78 is 60.2. The first kappa shape index (κ1) is 26.1. The fourth-order valence-electron chi connectivity index (χ4n) is 4.30. The van der Waals surface area contributed by atoms with Crippen LogP contribution in [0.2, 0.25) is 0 Å². The largest absolute Gasteiger partial charge is 0.373 e. The van der Waals surface area contributed by atoms with Crippen molar-refractivity contribution in [3.05, 3.63) is 24.3 Å². The van der Waals surface area contributed by atoms with Gasteiger partial charge in [0.05, 0.1) is 22.4 Å². The van der Waals surface area contributed by atoms with Crippen molar-refractivity contribution in [2.75, 3.05) is 18.4 Å². The van der Waals surface area contributed by atoms with Crippen molar-refractivity contribution < 1.29 is 26.4 Å². The summed E-state index contributed by atoms with van der Waals surface area (Å²) in [5.74, 6) is -0.422. The first-order valence-electron chi connectivity index (χ1n) is 11.5. The van der Waals surface area contributed by atoms with Gasteiger partial charge in [-0.3, -0.25) is 4.79 Å². The lowest BCUT2D eigenvalue weighted by atomic mass is 9.86. The van der Waals surface area contributed by atoms with E-state index in [2.05, 4.69) is 10.0 Å². The van der Waals surface area contributed by atoms with Gasteiger partial charge in [-0.25, -0.2) is 21.6 Å². The Morgan fingerprint density at radius 3 is 2.21 bits per heavy atom. The molecule has 0 bridgehead atoms. The minimum Gasteiger partial charge on any atom is -0.373 e. The van der Waals surface area contributed by atoms with Gasteiger partial charge >= 0.3 is 0 Å². The van der Waals surface area contributed by atoms with Crippen LogP contribution in [-0.2, 0) is 29.6 Å². The first-order valence-corrected chi connectivity index (χ1v) is 14.4. The normalized spacial score (nSPS) is 27.4. The van der Waals surface area contributed by atoms with Crippen LogP contribution in [-0.4, -0.2) is 63.6 Å². The third kappa shape index (κ3) is 6.54. The van der Waals surface area contributed by atoms with Gasteiger partial charge in [0.2, 0.25) is 26.0 Å². The highest BCUT2D eigenvalue weighted by atomic mass is 32.2. The topological polar surface area (TPSA) is 122 Å². The van der Waals surface area contributed by atoms with Crippen molar-refractivity contribution in [2.24, 2.45) is 5.92 Å². The third-order valence-corrected chi connectivity index (χ3v) is 9.91. The van der Waals surface area contributed by atoms with Crippen LogP contribution in [0.3, 0.4) is 0 Å². The first-order chi connectivity index (χ1) is 15.4. The molecule has 2 fully saturated rings. The summed E-state index contributed by atoms with van der Waals surface area (Å²) in [7, 11) is -7.04. The van der Waals surface area contributed by atoms with Crippen LogP contribution in [0.4, 0.5) is 5.69 Å². The van der Waals surface area contributed by atoms with Gasteiger partial charge in [-0.1, -0.05) is 6.07 Å². The molecule has 0 radical (unpaired) electrons. The van der Waals surface area contributed by atoms with E-state index in [1.807, 2.05) is 13.8 Å². The van der Waals surface area contributed by atoms with E-state index >= 15 is 0 Å². The number of hydrogen-bond donors (Lipinski definition) is 2. The number of nitrogens with one attached hydrogen (secondary N) is 2. The van der Waals surface area contributed by atoms with E-state index in [0.717, 1.165) is 0 Å². The second kappa shape index (κ2) is 10.4. The van der Waals surface area contributed by atoms with E-state index in [1.165, 1.54) is 16.4 Å². The molecular weight excluding hydrogens is 466 g/mol. The lowest BCUT2D eigenvalue weighted by molar-refractivity contribution is -0.120. The summed E-state index contributed by atoms with van der Waals surface area (Å²) in [6, 6.07) is 6.15. The van der Waals surface area contributed by atoms with Gasteiger partial charge < -0.3 is 10.1 Å². The van der Waals surface area contributed by atoms with E-state index in [9.17, 15) is 21.6 Å². The fraction of sp³-hybridized carbons (Fsp3) is 0.682. The molecule has 9 nitrogen and oxygen atoms in total. The van der Waals surface area contributed by atoms with Crippen LogP contribution >= 0.6 is 0 Å². The van der Waals surface area contributed by atoms with Crippen molar-refractivity contribution in [2.45, 2.75) is 81.8 Å². The van der Waals surface area contributed by atoms with Crippen LogP contribution in [0.5, 0.6) is 0 Å². The van der Waals surface area contributed by atoms with Gasteiger partial charge in [-0.05, 0) is 71.6 Å². The van der Waals surface area contributed by atoms with E-state index in [0.29, 0.717) is 31.4 Å². The molecular formula is C22H35N3O6S2. The lowest BCUT2D eigenvalue weighted by Gasteiger charge is -2.34. The standard InChI is InChI=1S/C22H35N3O6S2/c1-15(2)32(27,28)24-19-10-8-18(9-11-19)22(26)23-20-6-5-7-21(12-20)33(29,30)25-13-16(3)31-17(4)14-25/h5-7,12,15-19,24H,8-11,13-14H2,1-4H3,(H,23,26). The second-order valence-corrected chi connectivity index (χ2v) is 13.6. The molecule has 0 aromatic heterocycles. The Hall–Kier alpha value is -1.53. The summed E-state index contributed by atoms with van der Waals surface area (Å²) in [6.45, 7) is 7.53. The van der Waals surface area contributed by atoms with E-state index in [4.69, 9.17) is 4.74 Å². The lowest BCUT2D eigenvalue weighted by Crippen LogP contribution is -2.48. The summed E-state index contributed by atoms with van der Waals surface area (Å²) in [5.41, 5.74) is 0.429. The highest BCUT2D eigenvalue weighted by molar-refractivity contribution is 7.90. The van der Waals surface area contributed by atoms with Crippen LogP contribution in [0.25, 0.3) is 0 Å². The number of sulfonamides is 2. The Balaban J connectivity index is 1.61. The molecule has 1 saturated carbocycles. The number of amides is 1. The third-order valence-electron chi connectivity index (χ3n) is 6.17. The van der Waals surface area contributed by atoms with E-state index in [-0.39, 0.29) is 48.1 Å². The zero-order valence-corrected chi connectivity index (χ0v) is 21.3. The molecule has 1 aromatic rings. The van der Waals surface area contributed by atoms with Crippen molar-refractivity contribution in [1.29, 1.82) is 0 Å². The smallest absolute Gasteiger partial charge is 0.243 e. The molecule has 3 rings (SSSR count). The maximum atomic E-state index is 13.1. The predicted molar refractivity (Wildman–Crippen MR) is 127 cm³/mol. The summed E-state index contributed by atoms with van der Waals surface area (Å²) >= 11 is 0. The van der Waals surface area contributed by atoms with Gasteiger partial charge in [0.15, 0.2) is 0 Å². The Kier molecular flexibility index (Phi) is 8.21. The number of nitrogens with zero attached hydrogens (tertiary/aromatic N) is 1. The molecule has 186 valence electrons. The SMILES string of the molecule is CC1CN(S(=O)(=O)c2cccc(NC(=O)C3CCC(NS(=O)(=O)C(C)C)CC3)c2)CC(C)O1. The van der Waals surface area contributed by atoms with Gasteiger partial charge in [-0.2, -0.15) is 4.31 Å². The number of carbonyl (C=O) groups excluding carboxylic acids is 1. The molecule has 2 aliphatic rings. The molecule has 1 aliphatic heterocycles. The maximum Gasteiger partial charge on any atom is 0.243 e. The highest BCUT2D eigenvalue weighted by Gasteiger charge is 2.33. The van der Waals surface area contributed by atoms with Crippen molar-refractivity contribution in [3.8, 4) is 0 Å². The number of hydrogen-bond acceptors (Lipinski definition) is 6. The fourth-order valence-corrected chi connectivity index (χ4v) is 6.91. The number of morpholine rings is 1. The molecule has 1 aromatic carbocycles. The monoisotopic (exact) mass is 501 g/mol. The zero-order chi connectivity index (χ0) is 24.4. The van der Waals surface area contributed by atoms with Gasteiger partial charge in [-0.15, -0.1) is 0 Å².